The maximum absolute atomic E-state index is 11.5. The number of carbonyl (C=O) groups excluding carboxylic acids is 2. The average Bonchev–Trinajstić information content (AvgIpc) is 2.56. The number of phosphoric ester groups is 1. The Kier molecular flexibility index (Phi) is 8.70. The first-order valence-electron chi connectivity index (χ1n) is 8.70. The molecule has 0 fully saturated rings. The van der Waals surface area contributed by atoms with Gasteiger partial charge in [-0.2, -0.15) is 0 Å². The number of esters is 2. The summed E-state index contributed by atoms with van der Waals surface area (Å²) in [5.41, 5.74) is 0. The minimum atomic E-state index is -4.78. The summed E-state index contributed by atoms with van der Waals surface area (Å²) in [4.78, 5) is 41.1. The van der Waals surface area contributed by atoms with Gasteiger partial charge in [0.25, 0.3) is 0 Å². The van der Waals surface area contributed by atoms with Crippen LogP contribution in [-0.4, -0.2) is 40.0 Å². The lowest BCUT2D eigenvalue weighted by Crippen LogP contribution is -2.36. The molecule has 1 heterocycles. The van der Waals surface area contributed by atoms with Crippen LogP contribution in [0.4, 0.5) is 0 Å². The highest BCUT2D eigenvalue weighted by Gasteiger charge is 2.35. The second-order valence-corrected chi connectivity index (χ2v) is 8.06. The molecule has 0 aliphatic carbocycles. The Hall–Kier alpha value is -1.65. The van der Waals surface area contributed by atoms with E-state index in [0.29, 0.717) is 6.42 Å². The zero-order valence-corrected chi connectivity index (χ0v) is 16.8. The number of ether oxygens (including phenoxy) is 2. The normalized spacial score (nSPS) is 24.3. The van der Waals surface area contributed by atoms with Gasteiger partial charge in [-0.05, 0) is 18.8 Å². The molecule has 1 rings (SSSR count). The molecule has 2 N–H and O–H groups in total. The topological polar surface area (TPSA) is 119 Å². The largest absolute Gasteiger partial charge is 0.469 e. The maximum atomic E-state index is 11.5. The van der Waals surface area contributed by atoms with Crippen molar-refractivity contribution in [3.63, 3.8) is 0 Å². The van der Waals surface area contributed by atoms with Gasteiger partial charge in [0.2, 0.25) is 0 Å². The van der Waals surface area contributed by atoms with E-state index < -0.39 is 37.9 Å². The first-order chi connectivity index (χ1) is 12.4. The molecule has 1 aliphatic rings. The molecule has 0 bridgehead atoms. The standard InChI is InChI=1S/C18H27O8P/c1-6-15(24-14(5)19)13(4)16(26-27(21,22)23)9-7-11(2)18-12(3)8-10-17(20)25-18/h1,8,10-13,15-16,18H,7,9H2,2-5H3,(H2,21,22,23)/t11-,12-,13+,15-,16-,18-/m0/s1. The van der Waals surface area contributed by atoms with E-state index in [4.69, 9.17) is 20.4 Å². The predicted molar refractivity (Wildman–Crippen MR) is 97.1 cm³/mol. The van der Waals surface area contributed by atoms with E-state index in [9.17, 15) is 23.9 Å². The van der Waals surface area contributed by atoms with Crippen LogP contribution in [0.5, 0.6) is 0 Å². The SMILES string of the molecule is C#C[C@H](OC(C)=O)[C@@H](C)[C@H](CC[C@H](C)[C@@H]1OC(=O)C=C[C@@H]1C)OP(=O)(O)O. The Bertz CT molecular complexity index is 646. The van der Waals surface area contributed by atoms with Gasteiger partial charge < -0.3 is 19.3 Å². The molecule has 0 aromatic rings. The van der Waals surface area contributed by atoms with E-state index >= 15 is 0 Å². The van der Waals surface area contributed by atoms with E-state index in [1.165, 1.54) is 13.0 Å². The minimum Gasteiger partial charge on any atom is -0.458 e. The lowest BCUT2D eigenvalue weighted by atomic mass is 9.85. The molecule has 1 aliphatic heterocycles. The third-order valence-electron chi connectivity index (χ3n) is 4.57. The monoisotopic (exact) mass is 402 g/mol. The molecule has 152 valence electrons. The number of cyclic esters (lactones) is 1. The van der Waals surface area contributed by atoms with Gasteiger partial charge in [-0.3, -0.25) is 9.32 Å². The summed E-state index contributed by atoms with van der Waals surface area (Å²) >= 11 is 0. The third kappa shape index (κ3) is 7.86. The third-order valence-corrected chi connectivity index (χ3v) is 5.11. The summed E-state index contributed by atoms with van der Waals surface area (Å²) < 4.78 is 26.6. The Labute approximate surface area is 159 Å². The smallest absolute Gasteiger partial charge is 0.458 e. The van der Waals surface area contributed by atoms with Crippen LogP contribution in [0.2, 0.25) is 0 Å². The Morgan fingerprint density at radius 3 is 2.56 bits per heavy atom. The van der Waals surface area contributed by atoms with Crippen molar-refractivity contribution >= 4 is 19.8 Å². The fourth-order valence-corrected chi connectivity index (χ4v) is 3.75. The molecule has 6 atom stereocenters. The molecule has 0 aromatic carbocycles. The number of carbonyl (C=O) groups is 2. The zero-order valence-electron chi connectivity index (χ0n) is 15.9. The van der Waals surface area contributed by atoms with Crippen LogP contribution in [0.3, 0.4) is 0 Å². The van der Waals surface area contributed by atoms with E-state index in [2.05, 4.69) is 5.92 Å². The lowest BCUT2D eigenvalue weighted by molar-refractivity contribution is -0.149. The number of terminal acetylenes is 1. The molecule has 0 spiro atoms. The number of hydrogen-bond donors (Lipinski definition) is 2. The molecule has 0 unspecified atom stereocenters. The number of phosphoric acid groups is 1. The van der Waals surface area contributed by atoms with Crippen molar-refractivity contribution in [1.82, 2.24) is 0 Å². The van der Waals surface area contributed by atoms with Gasteiger partial charge in [0, 0.05) is 24.8 Å². The Balaban J connectivity index is 2.84. The molecule has 0 saturated heterocycles. The van der Waals surface area contributed by atoms with Crippen molar-refractivity contribution in [3.05, 3.63) is 12.2 Å². The summed E-state index contributed by atoms with van der Waals surface area (Å²) in [6.45, 7) is 6.61. The Morgan fingerprint density at radius 1 is 1.41 bits per heavy atom. The van der Waals surface area contributed by atoms with E-state index in [1.807, 2.05) is 13.8 Å². The van der Waals surface area contributed by atoms with Crippen LogP contribution in [0, 0.1) is 30.1 Å². The summed E-state index contributed by atoms with van der Waals surface area (Å²) in [6.07, 6.45) is 6.97. The van der Waals surface area contributed by atoms with Gasteiger partial charge in [-0.25, -0.2) is 9.36 Å². The van der Waals surface area contributed by atoms with Crippen LogP contribution >= 0.6 is 7.82 Å². The number of rotatable bonds is 9. The van der Waals surface area contributed by atoms with Gasteiger partial charge in [-0.1, -0.05) is 32.8 Å². The number of hydrogen-bond acceptors (Lipinski definition) is 6. The van der Waals surface area contributed by atoms with Crippen molar-refractivity contribution in [2.75, 3.05) is 0 Å². The molecule has 9 heteroatoms. The highest BCUT2D eigenvalue weighted by atomic mass is 31.2. The molecule has 0 saturated carbocycles. The summed E-state index contributed by atoms with van der Waals surface area (Å²) in [5, 5.41) is 0. The van der Waals surface area contributed by atoms with Crippen molar-refractivity contribution in [1.29, 1.82) is 0 Å². The van der Waals surface area contributed by atoms with Crippen LogP contribution < -0.4 is 0 Å². The van der Waals surface area contributed by atoms with Crippen LogP contribution in [0.15, 0.2) is 12.2 Å². The van der Waals surface area contributed by atoms with Crippen LogP contribution in [0.1, 0.15) is 40.5 Å². The fourth-order valence-electron chi connectivity index (χ4n) is 3.10. The summed E-state index contributed by atoms with van der Waals surface area (Å²) in [7, 11) is -4.78. The molecule has 0 amide bonds. The van der Waals surface area contributed by atoms with Crippen LogP contribution in [-0.2, 0) is 28.2 Å². The molecule has 8 nitrogen and oxygen atoms in total. The second-order valence-electron chi connectivity index (χ2n) is 6.86. The molecule has 0 aromatic heterocycles. The maximum Gasteiger partial charge on any atom is 0.469 e. The average molecular weight is 402 g/mol. The second kappa shape index (κ2) is 10.0. The van der Waals surface area contributed by atoms with Gasteiger partial charge in [0.1, 0.15) is 6.10 Å². The fraction of sp³-hybridized carbons (Fsp3) is 0.667. The minimum absolute atomic E-state index is 0.0239. The lowest BCUT2D eigenvalue weighted by Gasteiger charge is -2.32. The van der Waals surface area contributed by atoms with Gasteiger partial charge >= 0.3 is 19.8 Å². The van der Waals surface area contributed by atoms with Crippen molar-refractivity contribution < 1.29 is 37.9 Å². The Morgan fingerprint density at radius 2 is 2.04 bits per heavy atom. The van der Waals surface area contributed by atoms with Gasteiger partial charge in [0.05, 0.1) is 6.10 Å². The molecule has 0 radical (unpaired) electrons. The molecular formula is C18H27O8P. The first kappa shape index (κ1) is 23.4. The van der Waals surface area contributed by atoms with Crippen molar-refractivity contribution in [2.45, 2.75) is 58.8 Å². The van der Waals surface area contributed by atoms with Crippen molar-refractivity contribution in [2.24, 2.45) is 17.8 Å². The first-order valence-corrected chi connectivity index (χ1v) is 10.2. The molecule has 27 heavy (non-hydrogen) atoms. The quantitative estimate of drug-likeness (QED) is 0.342. The van der Waals surface area contributed by atoms with E-state index in [-0.39, 0.29) is 24.4 Å². The molecular weight excluding hydrogens is 375 g/mol. The van der Waals surface area contributed by atoms with Crippen LogP contribution in [0.25, 0.3) is 0 Å². The van der Waals surface area contributed by atoms with Gasteiger partial charge in [-0.15, -0.1) is 6.42 Å². The zero-order chi connectivity index (χ0) is 20.8. The summed E-state index contributed by atoms with van der Waals surface area (Å²) in [5.74, 6) is 0.595. The summed E-state index contributed by atoms with van der Waals surface area (Å²) in [6, 6.07) is 0. The predicted octanol–water partition coefficient (Wildman–Crippen LogP) is 2.20. The van der Waals surface area contributed by atoms with E-state index in [0.717, 1.165) is 0 Å². The highest BCUT2D eigenvalue weighted by Crippen LogP contribution is 2.41. The van der Waals surface area contributed by atoms with E-state index in [1.54, 1.807) is 13.0 Å². The van der Waals surface area contributed by atoms with Gasteiger partial charge in [0.15, 0.2) is 6.10 Å². The van der Waals surface area contributed by atoms with Crippen molar-refractivity contribution in [3.8, 4) is 12.3 Å². The highest BCUT2D eigenvalue weighted by molar-refractivity contribution is 7.46.